The molecule has 1 amide bonds. The minimum Gasteiger partial charge on any atom is -0.324 e. The van der Waals surface area contributed by atoms with E-state index < -0.39 is 47.4 Å². The van der Waals surface area contributed by atoms with Gasteiger partial charge in [0.05, 0.1) is 35.9 Å². The lowest BCUT2D eigenvalue weighted by Gasteiger charge is -2.28. The third-order valence-corrected chi connectivity index (χ3v) is 6.17. The van der Waals surface area contributed by atoms with Gasteiger partial charge in [-0.25, -0.2) is 14.5 Å². The topological polar surface area (TPSA) is 103 Å². The van der Waals surface area contributed by atoms with Crippen molar-refractivity contribution >= 4 is 28.8 Å². The second-order valence-electron chi connectivity index (χ2n) is 8.29. The van der Waals surface area contributed by atoms with E-state index in [0.29, 0.717) is 10.9 Å². The van der Waals surface area contributed by atoms with Crippen LogP contribution in [0.4, 0.5) is 32.0 Å². The first-order chi connectivity index (χ1) is 16.8. The van der Waals surface area contributed by atoms with Crippen LogP contribution >= 0.6 is 11.6 Å². The smallest absolute Gasteiger partial charge is 0.324 e. The Hall–Kier alpha value is -3.75. The summed E-state index contributed by atoms with van der Waals surface area (Å²) in [5.41, 5.74) is -4.47. The molecule has 2 atom stereocenters. The molecule has 1 aliphatic carbocycles. The molecule has 4 heterocycles. The summed E-state index contributed by atoms with van der Waals surface area (Å²) < 4.78 is 84.6. The van der Waals surface area contributed by atoms with Crippen LogP contribution in [-0.4, -0.2) is 46.7 Å². The Morgan fingerprint density at radius 2 is 1.81 bits per heavy atom. The highest BCUT2D eigenvalue weighted by molar-refractivity contribution is 6.29. The Morgan fingerprint density at radius 1 is 1.11 bits per heavy atom. The van der Waals surface area contributed by atoms with Crippen LogP contribution in [0.5, 0.6) is 0 Å². The quantitative estimate of drug-likeness (QED) is 0.396. The van der Waals surface area contributed by atoms with Crippen molar-refractivity contribution in [3.8, 4) is 5.82 Å². The zero-order chi connectivity index (χ0) is 26.0. The molecule has 0 fully saturated rings. The number of carbonyl (C=O) groups excluding carboxylic acids is 1. The molecule has 188 valence electrons. The zero-order valence-corrected chi connectivity index (χ0v) is 18.7. The summed E-state index contributed by atoms with van der Waals surface area (Å²) >= 11 is 5.86. The first kappa shape index (κ1) is 24.0. The molecule has 4 aromatic rings. The molecule has 0 aromatic carbocycles. The average Bonchev–Trinajstić information content (AvgIpc) is 3.50. The van der Waals surface area contributed by atoms with Crippen molar-refractivity contribution in [2.45, 2.75) is 37.0 Å². The van der Waals surface area contributed by atoms with E-state index in [1.807, 2.05) is 0 Å². The molecule has 0 radical (unpaired) electrons. The van der Waals surface area contributed by atoms with Crippen LogP contribution in [0, 0.1) is 0 Å². The predicted octanol–water partition coefficient (Wildman–Crippen LogP) is 4.32. The van der Waals surface area contributed by atoms with Crippen molar-refractivity contribution in [3.05, 3.63) is 58.9 Å². The molecule has 0 saturated heterocycles. The molecule has 9 nitrogen and oxygen atoms in total. The first-order valence-electron chi connectivity index (χ1n) is 10.2. The number of pyridine rings is 1. The molecule has 1 aliphatic rings. The van der Waals surface area contributed by atoms with Crippen molar-refractivity contribution in [2.75, 3.05) is 5.32 Å². The average molecular weight is 531 g/mol. The fourth-order valence-corrected chi connectivity index (χ4v) is 4.45. The first-order valence-corrected chi connectivity index (χ1v) is 10.5. The van der Waals surface area contributed by atoms with Gasteiger partial charge in [0.15, 0.2) is 16.6 Å². The highest BCUT2D eigenvalue weighted by Crippen LogP contribution is 2.54. The number of hydrogen-bond acceptors (Lipinski definition) is 6. The maximum atomic E-state index is 14.2. The van der Waals surface area contributed by atoms with Crippen LogP contribution < -0.4 is 5.32 Å². The summed E-state index contributed by atoms with van der Waals surface area (Å²) in [5.74, 6) is -3.00. The van der Waals surface area contributed by atoms with Gasteiger partial charge in [0.2, 0.25) is 5.91 Å². The molecular formula is C20H13ClF6N8O. The van der Waals surface area contributed by atoms with Crippen molar-refractivity contribution in [1.82, 2.24) is 34.6 Å². The van der Waals surface area contributed by atoms with Gasteiger partial charge < -0.3 is 5.32 Å². The number of alkyl halides is 6. The standard InChI is InChI=1S/C20H13ClF6N8O/c1-18(20(25,26)27)6-10(11-8-28-14-5-13(21)33-34(14)15(11)18)17(36)32-9-4-12(19(22,23)24)16(29-7-9)35-30-2-3-31-35/h2-5,7-8,10H,6H2,1H3,(H,32,36)/t10?,18-/m1/s1. The van der Waals surface area contributed by atoms with E-state index in [0.717, 1.165) is 36.2 Å². The molecule has 0 aliphatic heterocycles. The van der Waals surface area contributed by atoms with E-state index in [1.165, 1.54) is 6.07 Å². The van der Waals surface area contributed by atoms with Crippen molar-refractivity contribution in [1.29, 1.82) is 0 Å². The Bertz CT molecular complexity index is 1480. The molecule has 1 N–H and O–H groups in total. The minimum absolute atomic E-state index is 0.0529. The Balaban J connectivity index is 1.54. The van der Waals surface area contributed by atoms with Crippen molar-refractivity contribution in [3.63, 3.8) is 0 Å². The number of halogens is 7. The highest BCUT2D eigenvalue weighted by atomic mass is 35.5. The number of hydrogen-bond donors (Lipinski definition) is 1. The molecule has 36 heavy (non-hydrogen) atoms. The van der Waals surface area contributed by atoms with Gasteiger partial charge >= 0.3 is 12.4 Å². The number of rotatable bonds is 3. The Labute approximate surface area is 202 Å². The van der Waals surface area contributed by atoms with E-state index in [1.54, 1.807) is 0 Å². The second-order valence-corrected chi connectivity index (χ2v) is 8.67. The molecule has 0 saturated carbocycles. The summed E-state index contributed by atoms with van der Waals surface area (Å²) in [7, 11) is 0. The highest BCUT2D eigenvalue weighted by Gasteiger charge is 2.60. The van der Waals surface area contributed by atoms with Gasteiger partial charge in [-0.3, -0.25) is 4.79 Å². The predicted molar refractivity (Wildman–Crippen MR) is 112 cm³/mol. The van der Waals surface area contributed by atoms with Crippen LogP contribution in [0.15, 0.2) is 36.9 Å². The van der Waals surface area contributed by atoms with E-state index in [-0.39, 0.29) is 27.7 Å². The molecule has 0 bridgehead atoms. The van der Waals surface area contributed by atoms with Crippen molar-refractivity contribution in [2.24, 2.45) is 0 Å². The lowest BCUT2D eigenvalue weighted by Crippen LogP contribution is -2.39. The maximum absolute atomic E-state index is 14.2. The Kier molecular flexibility index (Phi) is 5.24. The van der Waals surface area contributed by atoms with Gasteiger partial charge in [-0.1, -0.05) is 11.6 Å². The fraction of sp³-hybridized carbons (Fsp3) is 0.300. The SMILES string of the molecule is C[C@@]1(C(F)(F)F)CC(C(=O)Nc2cnc(-n3nccn3)c(C(F)(F)F)c2)c2cnc3cc(Cl)nn3c21. The summed E-state index contributed by atoms with van der Waals surface area (Å²) in [4.78, 5) is 21.5. The van der Waals surface area contributed by atoms with Gasteiger partial charge in [0.1, 0.15) is 11.0 Å². The molecule has 4 aromatic heterocycles. The number of aromatic nitrogens is 7. The van der Waals surface area contributed by atoms with Crippen LogP contribution in [0.1, 0.15) is 36.1 Å². The number of nitrogens with zero attached hydrogens (tertiary/aromatic N) is 7. The third kappa shape index (κ3) is 3.73. The molecule has 5 rings (SSSR count). The van der Waals surface area contributed by atoms with E-state index in [9.17, 15) is 31.1 Å². The number of amides is 1. The number of fused-ring (bicyclic) bond motifs is 3. The maximum Gasteiger partial charge on any atom is 0.420 e. The molecule has 1 unspecified atom stereocenters. The van der Waals surface area contributed by atoms with E-state index in [2.05, 4.69) is 30.6 Å². The minimum atomic E-state index is -4.89. The third-order valence-electron chi connectivity index (χ3n) is 5.98. The van der Waals surface area contributed by atoms with Gasteiger partial charge in [-0.05, 0) is 19.4 Å². The Morgan fingerprint density at radius 3 is 2.44 bits per heavy atom. The zero-order valence-electron chi connectivity index (χ0n) is 17.9. The van der Waals surface area contributed by atoms with E-state index in [4.69, 9.17) is 11.6 Å². The van der Waals surface area contributed by atoms with Crippen molar-refractivity contribution < 1.29 is 31.1 Å². The van der Waals surface area contributed by atoms with Crippen LogP contribution in [0.25, 0.3) is 11.5 Å². The molecule has 16 heteroatoms. The van der Waals surface area contributed by atoms with Crippen LogP contribution in [0.2, 0.25) is 5.15 Å². The molecular weight excluding hydrogens is 518 g/mol. The van der Waals surface area contributed by atoms with Gasteiger partial charge in [-0.2, -0.15) is 41.6 Å². The van der Waals surface area contributed by atoms with E-state index >= 15 is 0 Å². The summed E-state index contributed by atoms with van der Waals surface area (Å²) in [6.07, 6.45) is -6.03. The lowest BCUT2D eigenvalue weighted by atomic mass is 9.85. The van der Waals surface area contributed by atoms with Crippen LogP contribution in [-0.2, 0) is 16.4 Å². The largest absolute Gasteiger partial charge is 0.420 e. The van der Waals surface area contributed by atoms with Crippen LogP contribution in [0.3, 0.4) is 0 Å². The normalized spacial score (nSPS) is 20.1. The number of carbonyl (C=O) groups is 1. The van der Waals surface area contributed by atoms with Gasteiger partial charge in [-0.15, -0.1) is 4.80 Å². The summed E-state index contributed by atoms with van der Waals surface area (Å²) in [5, 5.41) is 13.3. The second kappa shape index (κ2) is 7.88. The monoisotopic (exact) mass is 530 g/mol. The number of anilines is 1. The summed E-state index contributed by atoms with van der Waals surface area (Å²) in [6, 6.07) is 1.88. The molecule has 0 spiro atoms. The lowest BCUT2D eigenvalue weighted by molar-refractivity contribution is -0.187. The van der Waals surface area contributed by atoms with Gasteiger partial charge in [0, 0.05) is 17.8 Å². The summed E-state index contributed by atoms with van der Waals surface area (Å²) in [6.45, 7) is 0.920. The number of nitrogens with one attached hydrogen (secondary N) is 1. The van der Waals surface area contributed by atoms with Gasteiger partial charge in [0.25, 0.3) is 0 Å². The fourth-order valence-electron chi connectivity index (χ4n) is 4.27.